The molecule has 0 unspecified atom stereocenters. The van der Waals surface area contributed by atoms with Crippen LogP contribution in [0.1, 0.15) is 49.7 Å². The Hall–Kier alpha value is -1.20. The van der Waals surface area contributed by atoms with Gasteiger partial charge in [0.15, 0.2) is 5.79 Å². The second-order valence-electron chi connectivity index (χ2n) is 8.86. The van der Waals surface area contributed by atoms with Crippen LogP contribution in [0.15, 0.2) is 36.4 Å². The SMILES string of the molecule is C=C1CCc2ccccc2C1.[CH2-][NH+]1CCC2(CC1)OCCO2.[CH2-][NH+]1CCCCC1. The van der Waals surface area contributed by atoms with Crippen LogP contribution in [-0.4, -0.2) is 45.2 Å². The number of ether oxygens (including phenoxy) is 2. The average molecular weight is 401 g/mol. The smallest absolute Gasteiger partial charge is 0.179 e. The van der Waals surface area contributed by atoms with Gasteiger partial charge in [-0.1, -0.05) is 36.4 Å². The summed E-state index contributed by atoms with van der Waals surface area (Å²) < 4.78 is 11.1. The lowest BCUT2D eigenvalue weighted by Gasteiger charge is -2.36. The Labute approximate surface area is 177 Å². The van der Waals surface area contributed by atoms with Gasteiger partial charge >= 0.3 is 0 Å². The van der Waals surface area contributed by atoms with E-state index in [4.69, 9.17) is 9.47 Å². The zero-order valence-corrected chi connectivity index (χ0v) is 18.1. The maximum atomic E-state index is 5.57. The van der Waals surface area contributed by atoms with Crippen molar-refractivity contribution in [3.8, 4) is 0 Å². The Balaban J connectivity index is 0.000000128. The van der Waals surface area contributed by atoms with Crippen LogP contribution in [0, 0.1) is 14.1 Å². The van der Waals surface area contributed by atoms with Gasteiger partial charge in [-0.25, -0.2) is 0 Å². The van der Waals surface area contributed by atoms with Crippen molar-refractivity contribution in [1.82, 2.24) is 0 Å². The summed E-state index contributed by atoms with van der Waals surface area (Å²) in [5.74, 6) is -0.207. The number of nitrogens with one attached hydrogen (secondary N) is 2. The molecular weight excluding hydrogens is 360 g/mol. The van der Waals surface area contributed by atoms with Gasteiger partial charge in [-0.15, -0.1) is 0 Å². The molecule has 1 aliphatic carbocycles. The Morgan fingerprint density at radius 2 is 1.38 bits per heavy atom. The summed E-state index contributed by atoms with van der Waals surface area (Å²) in [7, 11) is 7.87. The van der Waals surface area contributed by atoms with Crippen molar-refractivity contribution in [3.05, 3.63) is 61.6 Å². The fraction of sp³-hybridized carbons (Fsp3) is 0.600. The summed E-state index contributed by atoms with van der Waals surface area (Å²) in [6.07, 6.45) is 9.68. The highest BCUT2D eigenvalue weighted by Gasteiger charge is 2.39. The first kappa shape index (κ1) is 22.5. The highest BCUT2D eigenvalue weighted by atomic mass is 16.7. The lowest BCUT2D eigenvalue weighted by Crippen LogP contribution is -3.08. The topological polar surface area (TPSA) is 27.3 Å². The Morgan fingerprint density at radius 3 is 1.97 bits per heavy atom. The van der Waals surface area contributed by atoms with E-state index in [9.17, 15) is 0 Å². The molecule has 3 fully saturated rings. The molecule has 162 valence electrons. The summed E-state index contributed by atoms with van der Waals surface area (Å²) in [6, 6.07) is 8.66. The molecule has 5 rings (SSSR count). The molecule has 4 heteroatoms. The molecule has 3 aliphatic heterocycles. The number of benzene rings is 1. The van der Waals surface area contributed by atoms with E-state index in [1.165, 1.54) is 71.7 Å². The standard InChI is InChI=1S/C11H12.C8H15NO2.C6H13N/c1-9-6-7-10-4-2-3-5-11(10)8-9;1-9-4-2-8(3-5-9)10-6-7-11-8;1-7-5-3-2-4-6-7/h2-5H,1,6-8H2;9H,1-7H2;7H,1-6H2. The largest absolute Gasteiger partial charge is 0.468 e. The van der Waals surface area contributed by atoms with Gasteiger partial charge in [-0.3, -0.25) is 0 Å². The molecule has 29 heavy (non-hydrogen) atoms. The maximum absolute atomic E-state index is 5.57. The van der Waals surface area contributed by atoms with Crippen molar-refractivity contribution in [1.29, 1.82) is 0 Å². The summed E-state index contributed by atoms with van der Waals surface area (Å²) >= 11 is 0. The molecule has 0 amide bonds. The minimum atomic E-state index is -0.207. The van der Waals surface area contributed by atoms with E-state index in [2.05, 4.69) is 44.9 Å². The number of rotatable bonds is 0. The first-order chi connectivity index (χ1) is 14.1. The van der Waals surface area contributed by atoms with Crippen LogP contribution in [0.3, 0.4) is 0 Å². The molecule has 3 saturated heterocycles. The van der Waals surface area contributed by atoms with Crippen molar-refractivity contribution in [3.63, 3.8) is 0 Å². The molecule has 4 nitrogen and oxygen atoms in total. The van der Waals surface area contributed by atoms with E-state index < -0.39 is 0 Å². The molecule has 3 heterocycles. The third-order valence-corrected chi connectivity index (χ3v) is 6.40. The van der Waals surface area contributed by atoms with Gasteiger partial charge < -0.3 is 19.3 Å². The summed E-state index contributed by atoms with van der Waals surface area (Å²) in [5, 5.41) is 0. The zero-order chi connectivity index (χ0) is 20.5. The Kier molecular flexibility index (Phi) is 8.73. The number of quaternary nitrogens is 2. The van der Waals surface area contributed by atoms with Crippen molar-refractivity contribution in [2.75, 3.05) is 39.4 Å². The van der Waals surface area contributed by atoms with Crippen molar-refractivity contribution in [2.24, 2.45) is 0 Å². The fourth-order valence-corrected chi connectivity index (χ4v) is 4.46. The van der Waals surface area contributed by atoms with Crippen LogP contribution in [0.2, 0.25) is 0 Å². The number of fused-ring (bicyclic) bond motifs is 1. The van der Waals surface area contributed by atoms with E-state index in [1.54, 1.807) is 0 Å². The monoisotopic (exact) mass is 400 g/mol. The second-order valence-corrected chi connectivity index (χ2v) is 8.86. The lowest BCUT2D eigenvalue weighted by atomic mass is 9.89. The molecule has 1 aromatic carbocycles. The molecule has 2 N–H and O–H groups in total. The highest BCUT2D eigenvalue weighted by Crippen LogP contribution is 2.27. The van der Waals surface area contributed by atoms with Gasteiger partial charge in [0.1, 0.15) is 0 Å². The van der Waals surface area contributed by atoms with E-state index in [0.29, 0.717) is 0 Å². The van der Waals surface area contributed by atoms with Crippen LogP contribution >= 0.6 is 0 Å². The molecule has 0 saturated carbocycles. The van der Waals surface area contributed by atoms with Gasteiger partial charge in [-0.05, 0) is 49.7 Å². The molecule has 0 bridgehead atoms. The molecule has 1 aromatic rings. The van der Waals surface area contributed by atoms with Crippen molar-refractivity contribution < 1.29 is 19.3 Å². The molecule has 0 atom stereocenters. The van der Waals surface area contributed by atoms with E-state index >= 15 is 0 Å². The minimum absolute atomic E-state index is 0.207. The second kappa shape index (κ2) is 11.3. The molecular formula is C25H40N2O2. The quantitative estimate of drug-likeness (QED) is 0.513. The third kappa shape index (κ3) is 7.21. The predicted octanol–water partition coefficient (Wildman–Crippen LogP) is 1.78. The number of allylic oxidation sites excluding steroid dienone is 1. The first-order valence-electron chi connectivity index (χ1n) is 11.4. The van der Waals surface area contributed by atoms with E-state index in [-0.39, 0.29) is 5.79 Å². The van der Waals surface area contributed by atoms with Gasteiger partial charge in [0.2, 0.25) is 0 Å². The van der Waals surface area contributed by atoms with Crippen LogP contribution < -0.4 is 9.80 Å². The summed E-state index contributed by atoms with van der Waals surface area (Å²) in [6.45, 7) is 10.3. The predicted molar refractivity (Wildman–Crippen MR) is 117 cm³/mol. The van der Waals surface area contributed by atoms with Crippen LogP contribution in [0.25, 0.3) is 0 Å². The van der Waals surface area contributed by atoms with Gasteiger partial charge in [0.25, 0.3) is 0 Å². The summed E-state index contributed by atoms with van der Waals surface area (Å²) in [5.41, 5.74) is 4.37. The summed E-state index contributed by atoms with van der Waals surface area (Å²) in [4.78, 5) is 2.81. The highest BCUT2D eigenvalue weighted by molar-refractivity contribution is 5.34. The average Bonchev–Trinajstić information content (AvgIpc) is 3.20. The van der Waals surface area contributed by atoms with Gasteiger partial charge in [-0.2, -0.15) is 14.1 Å². The van der Waals surface area contributed by atoms with E-state index in [0.717, 1.165) is 45.6 Å². The number of likely N-dealkylation sites (tertiary alicyclic amines) is 2. The number of hydrogen-bond acceptors (Lipinski definition) is 2. The van der Waals surface area contributed by atoms with Crippen molar-refractivity contribution in [2.45, 2.75) is 57.2 Å². The first-order valence-corrected chi connectivity index (χ1v) is 11.4. The van der Waals surface area contributed by atoms with Crippen LogP contribution in [0.5, 0.6) is 0 Å². The molecule has 0 aromatic heterocycles. The van der Waals surface area contributed by atoms with Gasteiger partial charge in [0, 0.05) is 12.8 Å². The third-order valence-electron chi connectivity index (χ3n) is 6.40. The van der Waals surface area contributed by atoms with Gasteiger partial charge in [0.05, 0.1) is 39.4 Å². The number of hydrogen-bond donors (Lipinski definition) is 2. The van der Waals surface area contributed by atoms with Crippen molar-refractivity contribution >= 4 is 0 Å². The zero-order valence-electron chi connectivity index (χ0n) is 18.1. The number of aryl methyl sites for hydroxylation is 1. The molecule has 1 spiro atoms. The maximum Gasteiger partial charge on any atom is 0.179 e. The molecule has 0 radical (unpaired) electrons. The molecule has 4 aliphatic rings. The number of piperidine rings is 2. The minimum Gasteiger partial charge on any atom is -0.468 e. The Bertz CT molecular complexity index is 623. The van der Waals surface area contributed by atoms with E-state index in [1.807, 2.05) is 0 Å². The normalized spacial score (nSPS) is 24.1. The fourth-order valence-electron chi connectivity index (χ4n) is 4.46. The lowest BCUT2D eigenvalue weighted by molar-refractivity contribution is -0.863. The Morgan fingerprint density at radius 1 is 0.793 bits per heavy atom. The van der Waals surface area contributed by atoms with Crippen LogP contribution in [-0.2, 0) is 22.3 Å². The van der Waals surface area contributed by atoms with Crippen LogP contribution in [0.4, 0.5) is 0 Å².